The smallest absolute Gasteiger partial charge is 0.335 e. The summed E-state index contributed by atoms with van der Waals surface area (Å²) in [6.07, 6.45) is 11.0. The summed E-state index contributed by atoms with van der Waals surface area (Å²) in [7, 11) is 1.63. The number of aryl methyl sites for hydroxylation is 4. The first-order valence-corrected chi connectivity index (χ1v) is 44.1. The van der Waals surface area contributed by atoms with Gasteiger partial charge in [0.2, 0.25) is 0 Å². The van der Waals surface area contributed by atoms with E-state index < -0.39 is 35.8 Å². The molecule has 0 spiro atoms. The minimum absolute atomic E-state index is 0.230. The standard InChI is InChI=1S/C22H16N2O2.C21H15ClN2O3.C18H12N2O3.C18H16N2O3.C15H12N2O3.C15H12N2O2S/c25-22(26)19-10-12-20(13-11-19)24-15-14-21(23-24)18-8-6-17(7-9-18)16-4-2-1-3-5-16;1-13-2-3-15(12-17(13)22)19-8-9-20(27-19)18-10-11-24(23-18)16-6-4-14(5-7-16)21(25)26;21-18(22)12-5-7-14(8-6-12)20-10-9-15(19-20)17-11-13-3-1-2-4-16(13)23-17;1-12-11-20(15-5-3-4-14(10-15)18(21)22)19-17(12)13-6-8-16(23-2)9-7-13;1-10-5-6-14(20-10)13-7-8-17(16-13)12-4-2-3-11(9-12)15(18)19;1-10-2-7-14(20-10)13-8-9-17(16-13)12-5-3-11(4-6-12)15(18)19/h1-15H,(H,25,26);2-12H,1H3,(H,25,26);1-11H,(H,21,22);3-11H,1-2H3,(H,21,22);2*2-9H,1H3,(H,18,19). The van der Waals surface area contributed by atoms with E-state index in [9.17, 15) is 28.8 Å². The summed E-state index contributed by atoms with van der Waals surface area (Å²) < 4.78 is 32.6. The van der Waals surface area contributed by atoms with Gasteiger partial charge in [-0.2, -0.15) is 30.6 Å². The van der Waals surface area contributed by atoms with Crippen molar-refractivity contribution < 1.29 is 77.4 Å². The number of ether oxygens (including phenoxy) is 1. The lowest BCUT2D eigenvalue weighted by Gasteiger charge is -2.04. The Balaban J connectivity index is 0.000000121. The predicted molar refractivity (Wildman–Crippen MR) is 529 cm³/mol. The monoisotopic (exact) mass is 1880 g/mol. The number of hydrogen-bond donors (Lipinski definition) is 6. The lowest BCUT2D eigenvalue weighted by atomic mass is 10.0. The highest BCUT2D eigenvalue weighted by Gasteiger charge is 2.19. The molecule has 0 amide bonds. The highest BCUT2D eigenvalue weighted by atomic mass is 35.5. The number of furan rings is 3. The van der Waals surface area contributed by atoms with Gasteiger partial charge in [-0.15, -0.1) is 11.3 Å². The number of aromatic nitrogens is 12. The van der Waals surface area contributed by atoms with Crippen LogP contribution in [0.1, 0.15) is 83.9 Å². The average molecular weight is 1880 g/mol. The molecule has 11 aromatic carbocycles. The minimum Gasteiger partial charge on any atom is -0.497 e. The number of aromatic carboxylic acids is 6. The maximum Gasteiger partial charge on any atom is 0.335 e. The molecule has 21 aromatic rings. The highest BCUT2D eigenvalue weighted by Crippen LogP contribution is 2.35. The molecule has 0 unspecified atom stereocenters. The van der Waals surface area contributed by atoms with Gasteiger partial charge in [0, 0.05) is 69.2 Å². The van der Waals surface area contributed by atoms with Gasteiger partial charge in [-0.1, -0.05) is 109 Å². The van der Waals surface area contributed by atoms with Gasteiger partial charge in [-0.3, -0.25) is 0 Å². The zero-order chi connectivity index (χ0) is 97.3. The Kier molecular flexibility index (Phi) is 28.6. The lowest BCUT2D eigenvalue weighted by molar-refractivity contribution is 0.0686. The van der Waals surface area contributed by atoms with Gasteiger partial charge in [0.15, 0.2) is 17.3 Å². The zero-order valence-electron chi connectivity index (χ0n) is 74.7. The number of carboxylic acids is 6. The van der Waals surface area contributed by atoms with E-state index in [0.29, 0.717) is 50.8 Å². The molecular weight excluding hydrogens is 1800 g/mol. The van der Waals surface area contributed by atoms with Crippen molar-refractivity contribution in [1.29, 1.82) is 0 Å². The summed E-state index contributed by atoms with van der Waals surface area (Å²) in [5.74, 6) is -1.31. The average Bonchev–Trinajstić information content (AvgIpc) is 1.65. The fourth-order valence-corrected chi connectivity index (χ4v) is 15.3. The maximum atomic E-state index is 11.1. The molecule has 0 saturated heterocycles. The van der Waals surface area contributed by atoms with Crippen molar-refractivity contribution in [1.82, 2.24) is 58.7 Å². The summed E-state index contributed by atoms with van der Waals surface area (Å²) >= 11 is 7.90. The van der Waals surface area contributed by atoms with Crippen LogP contribution in [-0.2, 0) is 0 Å². The molecule has 139 heavy (non-hydrogen) atoms. The second kappa shape index (κ2) is 42.5. The molecule has 30 heteroatoms. The fourth-order valence-electron chi connectivity index (χ4n) is 14.3. The molecule has 0 aliphatic carbocycles. The number of carboxylic acid groups (broad SMARTS) is 6. The maximum absolute atomic E-state index is 11.1. The van der Waals surface area contributed by atoms with E-state index in [1.54, 1.807) is 198 Å². The zero-order valence-corrected chi connectivity index (χ0v) is 76.3. The van der Waals surface area contributed by atoms with Crippen molar-refractivity contribution in [3.05, 3.63) is 437 Å². The summed E-state index contributed by atoms with van der Waals surface area (Å²) in [5.41, 5.74) is 19.0. The number of para-hydroxylation sites is 1. The Morgan fingerprint density at radius 3 is 1.18 bits per heavy atom. The van der Waals surface area contributed by atoms with Crippen molar-refractivity contribution in [2.24, 2.45) is 0 Å². The van der Waals surface area contributed by atoms with Gasteiger partial charge >= 0.3 is 35.8 Å². The van der Waals surface area contributed by atoms with E-state index in [1.807, 2.05) is 197 Å². The van der Waals surface area contributed by atoms with Crippen molar-refractivity contribution in [3.63, 3.8) is 0 Å². The molecule has 688 valence electrons. The van der Waals surface area contributed by atoms with E-state index in [2.05, 4.69) is 86.0 Å². The topological polar surface area (TPSA) is 379 Å². The first-order chi connectivity index (χ1) is 67.3. The second-order valence-electron chi connectivity index (χ2n) is 31.2. The van der Waals surface area contributed by atoms with Gasteiger partial charge in [-0.25, -0.2) is 56.9 Å². The Morgan fingerprint density at radius 2 is 0.712 bits per heavy atom. The van der Waals surface area contributed by atoms with Gasteiger partial charge in [0.25, 0.3) is 0 Å². The number of hydrogen-bond acceptors (Lipinski definition) is 17. The predicted octanol–water partition coefficient (Wildman–Crippen LogP) is 24.6. The first kappa shape index (κ1) is 93.6. The third-order valence-corrected chi connectivity index (χ3v) is 23.1. The Hall–Kier alpha value is -18.6. The van der Waals surface area contributed by atoms with Crippen LogP contribution in [0.5, 0.6) is 5.75 Å². The largest absolute Gasteiger partial charge is 0.497 e. The molecule has 0 saturated carbocycles. The van der Waals surface area contributed by atoms with Crippen LogP contribution in [-0.4, -0.2) is 132 Å². The molecule has 0 atom stereocenters. The minimum atomic E-state index is -0.958. The molecule has 0 bridgehead atoms. The van der Waals surface area contributed by atoms with Gasteiger partial charge < -0.3 is 48.6 Å². The van der Waals surface area contributed by atoms with Crippen LogP contribution in [0.3, 0.4) is 0 Å². The number of carbonyl (C=O) groups is 6. The van der Waals surface area contributed by atoms with Crippen LogP contribution in [0.25, 0.3) is 135 Å². The van der Waals surface area contributed by atoms with Crippen LogP contribution >= 0.6 is 22.9 Å². The molecule has 0 fully saturated rings. The molecule has 10 aromatic heterocycles. The molecule has 0 aliphatic heterocycles. The van der Waals surface area contributed by atoms with Gasteiger partial charge in [0.1, 0.15) is 45.6 Å². The van der Waals surface area contributed by atoms with Crippen LogP contribution in [0.2, 0.25) is 5.02 Å². The quantitative estimate of drug-likeness (QED) is 0.0389. The van der Waals surface area contributed by atoms with E-state index in [4.69, 9.17) is 60.2 Å². The van der Waals surface area contributed by atoms with Crippen molar-refractivity contribution >= 4 is 69.7 Å². The number of benzene rings is 11. The Morgan fingerprint density at radius 1 is 0.302 bits per heavy atom. The van der Waals surface area contributed by atoms with E-state index >= 15 is 0 Å². The van der Waals surface area contributed by atoms with Crippen LogP contribution in [0.4, 0.5) is 0 Å². The summed E-state index contributed by atoms with van der Waals surface area (Å²) in [6, 6.07) is 102. The lowest BCUT2D eigenvalue weighted by Crippen LogP contribution is -2.00. The number of nitrogens with zero attached hydrogens (tertiary/aromatic N) is 12. The molecule has 6 N–H and O–H groups in total. The fraction of sp³-hybridized carbons (Fsp3) is 0.0459. The Labute approximate surface area is 802 Å². The number of methoxy groups -OCH3 is 1. The van der Waals surface area contributed by atoms with E-state index in [-0.39, 0.29) is 33.4 Å². The normalized spacial score (nSPS) is 10.7. The van der Waals surface area contributed by atoms with E-state index in [1.165, 1.54) is 10.4 Å². The number of thiophene rings is 1. The molecule has 10 heterocycles. The van der Waals surface area contributed by atoms with Crippen LogP contribution in [0.15, 0.2) is 390 Å². The van der Waals surface area contributed by atoms with Crippen LogP contribution < -0.4 is 4.74 Å². The highest BCUT2D eigenvalue weighted by molar-refractivity contribution is 7.15. The molecule has 0 radical (unpaired) electrons. The number of halogens is 1. The van der Waals surface area contributed by atoms with E-state index in [0.717, 1.165) is 106 Å². The molecular formula is C109H83ClN12O16S. The van der Waals surface area contributed by atoms with Crippen LogP contribution in [0, 0.1) is 27.7 Å². The van der Waals surface area contributed by atoms with Gasteiger partial charge in [-0.05, 0) is 293 Å². The SMILES string of the molecule is COc1ccc(-c2nn(-c3cccc(C(=O)O)c3)cc2C)cc1.Cc1ccc(-c2ccc(-c3ccn(-c4ccc(C(=O)O)cc4)n3)o2)cc1Cl.Cc1ccc(-c2ccn(-c3ccc(C(=O)O)cc3)n2)s1.Cc1ccc(-c2ccn(-c3cccc(C(=O)O)c3)n2)o1.O=C(O)c1ccc(-n2ccc(-c3cc4ccccc4o3)n2)cc1.O=C(O)c1ccc(-n2ccc(-c3ccc(-c4ccccc4)cc3)n2)cc1. The van der Waals surface area contributed by atoms with Crippen molar-refractivity contribution in [3.8, 4) is 130 Å². The number of rotatable bonds is 21. The van der Waals surface area contributed by atoms with Crippen molar-refractivity contribution in [2.75, 3.05) is 7.11 Å². The molecule has 21 rings (SSSR count). The Bertz CT molecular complexity index is 7900. The van der Waals surface area contributed by atoms with Gasteiger partial charge in [0.05, 0.1) is 90.9 Å². The summed E-state index contributed by atoms with van der Waals surface area (Å²) in [5, 5.41) is 82.7. The molecule has 28 nitrogen and oxygen atoms in total. The number of fused-ring (bicyclic) bond motifs is 1. The second-order valence-corrected chi connectivity index (χ2v) is 32.9. The molecule has 0 aliphatic rings. The third kappa shape index (κ3) is 23.0. The first-order valence-electron chi connectivity index (χ1n) is 42.9. The van der Waals surface area contributed by atoms with Crippen molar-refractivity contribution in [2.45, 2.75) is 27.7 Å². The third-order valence-electron chi connectivity index (χ3n) is 21.7. The summed E-state index contributed by atoms with van der Waals surface area (Å²) in [6.45, 7) is 7.87. The summed E-state index contributed by atoms with van der Waals surface area (Å²) in [4.78, 5) is 68.1.